The lowest BCUT2D eigenvalue weighted by atomic mass is 9.83. The number of halogens is 2. The molecule has 0 aliphatic heterocycles. The van der Waals surface area contributed by atoms with E-state index in [0.717, 1.165) is 9.13 Å². The Morgan fingerprint density at radius 3 is 2.42 bits per heavy atom. The molecule has 4 nitrogen and oxygen atoms in total. The maximum Gasteiger partial charge on any atom is 0.137 e. The summed E-state index contributed by atoms with van der Waals surface area (Å²) in [6, 6.07) is 15.1. The summed E-state index contributed by atoms with van der Waals surface area (Å²) in [4.78, 5) is 3.94. The summed E-state index contributed by atoms with van der Waals surface area (Å²) in [6.45, 7) is 8.32. The summed E-state index contributed by atoms with van der Waals surface area (Å²) >= 11 is 8.60. The van der Waals surface area contributed by atoms with Gasteiger partial charge in [-0.1, -0.05) is 62.4 Å². The van der Waals surface area contributed by atoms with Crippen molar-refractivity contribution >= 4 is 39.8 Å². The molecule has 0 aliphatic rings. The highest BCUT2D eigenvalue weighted by Crippen LogP contribution is 2.39. The second-order valence-electron chi connectivity index (χ2n) is 5.42. The molecule has 0 aliphatic carbocycles. The van der Waals surface area contributed by atoms with E-state index in [0.29, 0.717) is 16.2 Å². The van der Waals surface area contributed by atoms with E-state index in [1.165, 1.54) is 6.33 Å². The summed E-state index contributed by atoms with van der Waals surface area (Å²) in [7, 11) is 0. The van der Waals surface area contributed by atoms with Crippen LogP contribution in [0.2, 0.25) is 5.02 Å². The number of rotatable bonds is 5. The number of hydrogen-bond acceptors (Lipinski definition) is 3. The zero-order valence-electron chi connectivity index (χ0n) is 14.7. The summed E-state index contributed by atoms with van der Waals surface area (Å²) in [6.07, 6.45) is 2.99. The summed E-state index contributed by atoms with van der Waals surface area (Å²) in [5.41, 5.74) is 0.588. The molecule has 6 heteroatoms. The van der Waals surface area contributed by atoms with Gasteiger partial charge in [0, 0.05) is 14.2 Å². The molecule has 0 spiro atoms. The highest BCUT2D eigenvalue weighted by Gasteiger charge is 2.36. The fourth-order valence-electron chi connectivity index (χ4n) is 2.58. The zero-order valence-corrected chi connectivity index (χ0v) is 17.6. The largest absolute Gasteiger partial charge is 0.378 e. The van der Waals surface area contributed by atoms with Crippen molar-refractivity contribution in [1.29, 1.82) is 0 Å². The minimum absolute atomic E-state index is 0.168. The number of benzene rings is 2. The van der Waals surface area contributed by atoms with Crippen molar-refractivity contribution in [2.75, 3.05) is 0 Å². The van der Waals surface area contributed by atoms with Gasteiger partial charge in [-0.15, -0.1) is 0 Å². The second kappa shape index (κ2) is 9.30. The molecule has 2 aromatic carbocycles. The van der Waals surface area contributed by atoms with Crippen molar-refractivity contribution in [2.45, 2.75) is 26.0 Å². The van der Waals surface area contributed by atoms with Gasteiger partial charge in [-0.25, -0.2) is 9.67 Å². The van der Waals surface area contributed by atoms with Gasteiger partial charge in [0.05, 0.1) is 6.54 Å². The Balaban J connectivity index is 0.00000117. The second-order valence-corrected chi connectivity index (χ2v) is 7.07. The van der Waals surface area contributed by atoms with Crippen LogP contribution in [0.3, 0.4) is 0 Å². The first-order valence-electron chi connectivity index (χ1n) is 8.26. The van der Waals surface area contributed by atoms with Crippen LogP contribution in [0.15, 0.2) is 67.8 Å². The monoisotopic (exact) mass is 481 g/mol. The van der Waals surface area contributed by atoms with Gasteiger partial charge in [-0.2, -0.15) is 5.10 Å². The van der Waals surface area contributed by atoms with E-state index in [9.17, 15) is 5.11 Å². The van der Waals surface area contributed by atoms with Gasteiger partial charge in [0.25, 0.3) is 0 Å². The van der Waals surface area contributed by atoms with Crippen LogP contribution in [0.5, 0.6) is 0 Å². The first-order valence-corrected chi connectivity index (χ1v) is 9.71. The molecule has 3 aromatic rings. The van der Waals surface area contributed by atoms with Crippen LogP contribution in [0.1, 0.15) is 25.0 Å². The van der Waals surface area contributed by atoms with Crippen molar-refractivity contribution in [3.8, 4) is 0 Å². The molecule has 1 heterocycles. The third-order valence-electron chi connectivity index (χ3n) is 3.87. The molecule has 26 heavy (non-hydrogen) atoms. The first kappa shape index (κ1) is 20.6. The molecule has 0 saturated carbocycles. The lowest BCUT2D eigenvalue weighted by Crippen LogP contribution is -2.33. The Hall–Kier alpha value is -1.70. The van der Waals surface area contributed by atoms with Crippen LogP contribution in [0, 0.1) is 3.57 Å². The van der Waals surface area contributed by atoms with E-state index in [1.54, 1.807) is 23.1 Å². The highest BCUT2D eigenvalue weighted by atomic mass is 127. The van der Waals surface area contributed by atoms with Crippen molar-refractivity contribution in [2.24, 2.45) is 0 Å². The van der Waals surface area contributed by atoms with Crippen molar-refractivity contribution < 1.29 is 5.11 Å². The molecular weight excluding hydrogens is 461 g/mol. The Morgan fingerprint density at radius 1 is 1.19 bits per heavy atom. The summed E-state index contributed by atoms with van der Waals surface area (Å²) in [5.74, 6) is 0. The molecular formula is C20H21ClIN3O. The van der Waals surface area contributed by atoms with Crippen LogP contribution in [0.25, 0.3) is 5.57 Å². The fraction of sp³-hybridized carbons (Fsp3) is 0.200. The molecule has 0 radical (unpaired) electrons. The maximum absolute atomic E-state index is 11.6. The van der Waals surface area contributed by atoms with Gasteiger partial charge in [-0.3, -0.25) is 0 Å². The first-order chi connectivity index (χ1) is 12.5. The molecule has 1 unspecified atom stereocenters. The third-order valence-corrected chi connectivity index (χ3v) is 4.92. The molecule has 1 atom stereocenters. The van der Waals surface area contributed by atoms with Crippen LogP contribution >= 0.6 is 34.2 Å². The number of aromatic nitrogens is 3. The Kier molecular flexibility index (Phi) is 7.37. The normalized spacial score (nSPS) is 12.7. The highest BCUT2D eigenvalue weighted by molar-refractivity contribution is 14.1. The molecule has 0 bridgehead atoms. The number of nitrogens with zero attached hydrogens (tertiary/aromatic N) is 3. The van der Waals surface area contributed by atoms with Gasteiger partial charge >= 0.3 is 0 Å². The van der Waals surface area contributed by atoms with E-state index in [1.807, 2.05) is 50.2 Å². The maximum atomic E-state index is 11.6. The van der Waals surface area contributed by atoms with E-state index in [-0.39, 0.29) is 6.54 Å². The van der Waals surface area contributed by atoms with Crippen LogP contribution in [0.4, 0.5) is 0 Å². The molecule has 0 amide bonds. The Bertz CT molecular complexity index is 850. The summed E-state index contributed by atoms with van der Waals surface area (Å²) in [5, 5.41) is 16.1. The van der Waals surface area contributed by atoms with Gasteiger partial charge < -0.3 is 5.11 Å². The van der Waals surface area contributed by atoms with Crippen LogP contribution in [-0.2, 0) is 12.1 Å². The van der Waals surface area contributed by atoms with Crippen LogP contribution in [-0.4, -0.2) is 19.9 Å². The van der Waals surface area contributed by atoms with Crippen molar-refractivity contribution in [1.82, 2.24) is 14.8 Å². The SMILES string of the molecule is C=C(c1ccc(I)cc1)C(O)(Cn1cncn1)c1ccccc1Cl.CC. The minimum Gasteiger partial charge on any atom is -0.378 e. The molecule has 136 valence electrons. The fourth-order valence-corrected chi connectivity index (χ4v) is 3.23. The van der Waals surface area contributed by atoms with Gasteiger partial charge in [0.2, 0.25) is 0 Å². The summed E-state index contributed by atoms with van der Waals surface area (Å²) < 4.78 is 2.68. The molecule has 1 N–H and O–H groups in total. The molecule has 0 saturated heterocycles. The van der Waals surface area contributed by atoms with E-state index < -0.39 is 5.60 Å². The van der Waals surface area contributed by atoms with E-state index in [2.05, 4.69) is 39.3 Å². The quantitative estimate of drug-likeness (QED) is 0.512. The number of aliphatic hydroxyl groups is 1. The Morgan fingerprint density at radius 2 is 1.85 bits per heavy atom. The van der Waals surface area contributed by atoms with Crippen molar-refractivity contribution in [3.05, 3.63) is 87.5 Å². The lowest BCUT2D eigenvalue weighted by Gasteiger charge is -2.32. The van der Waals surface area contributed by atoms with Gasteiger partial charge in [0.15, 0.2) is 0 Å². The zero-order chi connectivity index (χ0) is 19.2. The smallest absolute Gasteiger partial charge is 0.137 e. The standard InChI is InChI=1S/C18H15ClIN3O.C2H6/c1-13(14-6-8-15(20)9-7-14)18(24,10-23-12-21-11-22-23)16-4-2-3-5-17(16)19;1-2/h2-9,11-12,24H,1,10H2;1-2H3. The molecule has 0 fully saturated rings. The minimum atomic E-state index is -1.40. The molecule has 3 rings (SSSR count). The van der Waals surface area contributed by atoms with Gasteiger partial charge in [0.1, 0.15) is 18.3 Å². The molecule has 1 aromatic heterocycles. The van der Waals surface area contributed by atoms with Crippen LogP contribution < -0.4 is 0 Å². The van der Waals surface area contributed by atoms with E-state index >= 15 is 0 Å². The average molecular weight is 482 g/mol. The predicted molar refractivity (Wildman–Crippen MR) is 115 cm³/mol. The van der Waals surface area contributed by atoms with Crippen molar-refractivity contribution in [3.63, 3.8) is 0 Å². The topological polar surface area (TPSA) is 50.9 Å². The lowest BCUT2D eigenvalue weighted by molar-refractivity contribution is 0.0767. The predicted octanol–water partition coefficient (Wildman–Crippen LogP) is 5.16. The third kappa shape index (κ3) is 4.52. The van der Waals surface area contributed by atoms with E-state index in [4.69, 9.17) is 11.6 Å². The number of hydrogen-bond donors (Lipinski definition) is 1. The Labute approximate surface area is 172 Å². The van der Waals surface area contributed by atoms with Gasteiger partial charge in [-0.05, 0) is 51.9 Å². The average Bonchev–Trinajstić information content (AvgIpc) is 3.16.